The lowest BCUT2D eigenvalue weighted by Crippen LogP contribution is -2.09. The second-order valence-corrected chi connectivity index (χ2v) is 7.45. The second-order valence-electron chi connectivity index (χ2n) is 4.00. The Kier molecular flexibility index (Phi) is 5.39. The molecule has 0 radical (unpaired) electrons. The summed E-state index contributed by atoms with van der Waals surface area (Å²) in [6.07, 6.45) is 2.36. The molecule has 1 aliphatic rings. The summed E-state index contributed by atoms with van der Waals surface area (Å²) in [5.41, 5.74) is 1.16. The van der Waals surface area contributed by atoms with Crippen molar-refractivity contribution >= 4 is 35.1 Å². The van der Waals surface area contributed by atoms with Crippen molar-refractivity contribution in [1.29, 1.82) is 0 Å². The zero-order valence-electron chi connectivity index (χ0n) is 9.90. The summed E-state index contributed by atoms with van der Waals surface area (Å²) in [6, 6.07) is 8.08. The standard InChI is InChI=1S/C13H17ClOS2/c1-15-11-5-2-4-10(8-11)12(14)9-13-16-6-3-7-17-13/h2,4-5,8,12-13H,3,6-7,9H2,1H3. The molecule has 94 valence electrons. The van der Waals surface area contributed by atoms with Crippen molar-refractivity contribution in [2.24, 2.45) is 0 Å². The lowest BCUT2D eigenvalue weighted by Gasteiger charge is -2.23. The third-order valence-corrected chi connectivity index (χ3v) is 6.17. The summed E-state index contributed by atoms with van der Waals surface area (Å²) in [5.74, 6) is 3.44. The summed E-state index contributed by atoms with van der Waals surface area (Å²) in [7, 11) is 1.69. The molecule has 0 bridgehead atoms. The van der Waals surface area contributed by atoms with E-state index in [9.17, 15) is 0 Å². The van der Waals surface area contributed by atoms with E-state index in [0.717, 1.165) is 17.7 Å². The van der Waals surface area contributed by atoms with Crippen LogP contribution in [0.15, 0.2) is 24.3 Å². The average Bonchev–Trinajstić information content (AvgIpc) is 2.40. The van der Waals surface area contributed by atoms with Crippen LogP contribution in [0.2, 0.25) is 0 Å². The van der Waals surface area contributed by atoms with Crippen molar-refractivity contribution in [2.75, 3.05) is 18.6 Å². The molecule has 17 heavy (non-hydrogen) atoms. The molecular weight excluding hydrogens is 272 g/mol. The highest BCUT2D eigenvalue weighted by atomic mass is 35.5. The van der Waals surface area contributed by atoms with Gasteiger partial charge in [0, 0.05) is 0 Å². The van der Waals surface area contributed by atoms with Gasteiger partial charge in [0.25, 0.3) is 0 Å². The summed E-state index contributed by atoms with van der Waals surface area (Å²) < 4.78 is 5.88. The summed E-state index contributed by atoms with van der Waals surface area (Å²) >= 11 is 10.6. The fraction of sp³-hybridized carbons (Fsp3) is 0.538. The summed E-state index contributed by atoms with van der Waals surface area (Å²) in [5, 5.41) is 0.0909. The minimum Gasteiger partial charge on any atom is -0.497 e. The van der Waals surface area contributed by atoms with Crippen molar-refractivity contribution in [3.05, 3.63) is 29.8 Å². The van der Waals surface area contributed by atoms with Crippen LogP contribution in [0.1, 0.15) is 23.8 Å². The molecule has 0 aliphatic carbocycles. The zero-order chi connectivity index (χ0) is 12.1. The molecule has 1 fully saturated rings. The zero-order valence-corrected chi connectivity index (χ0v) is 12.3. The number of hydrogen-bond donors (Lipinski definition) is 0. The molecule has 1 aliphatic heterocycles. The number of alkyl halides is 1. The number of hydrogen-bond acceptors (Lipinski definition) is 3. The Morgan fingerprint density at radius 1 is 1.41 bits per heavy atom. The van der Waals surface area contributed by atoms with Crippen molar-refractivity contribution in [3.8, 4) is 5.75 Å². The van der Waals surface area contributed by atoms with Crippen LogP contribution in [0.4, 0.5) is 0 Å². The third-order valence-electron chi connectivity index (χ3n) is 2.75. The maximum atomic E-state index is 6.49. The van der Waals surface area contributed by atoms with Crippen molar-refractivity contribution in [2.45, 2.75) is 22.8 Å². The Balaban J connectivity index is 1.95. The van der Waals surface area contributed by atoms with E-state index in [2.05, 4.69) is 6.07 Å². The Morgan fingerprint density at radius 3 is 2.88 bits per heavy atom. The smallest absolute Gasteiger partial charge is 0.119 e. The van der Waals surface area contributed by atoms with Gasteiger partial charge >= 0.3 is 0 Å². The number of methoxy groups -OCH3 is 1. The van der Waals surface area contributed by atoms with Gasteiger partial charge in [-0.05, 0) is 42.0 Å². The van der Waals surface area contributed by atoms with Gasteiger partial charge in [-0.15, -0.1) is 35.1 Å². The number of ether oxygens (including phenoxy) is 1. The molecule has 1 aromatic rings. The maximum absolute atomic E-state index is 6.49. The highest BCUT2D eigenvalue weighted by Crippen LogP contribution is 2.39. The third kappa shape index (κ3) is 4.01. The normalized spacial score (nSPS) is 18.9. The minimum atomic E-state index is 0.0909. The lowest BCUT2D eigenvalue weighted by molar-refractivity contribution is 0.414. The first-order chi connectivity index (χ1) is 8.29. The SMILES string of the molecule is COc1cccc(C(Cl)CC2SCCCS2)c1. The van der Waals surface area contributed by atoms with Gasteiger partial charge in [-0.25, -0.2) is 0 Å². The van der Waals surface area contributed by atoms with Gasteiger partial charge in [-0.1, -0.05) is 12.1 Å². The van der Waals surface area contributed by atoms with Crippen LogP contribution in [0, 0.1) is 0 Å². The van der Waals surface area contributed by atoms with Gasteiger partial charge in [0.2, 0.25) is 0 Å². The van der Waals surface area contributed by atoms with Gasteiger partial charge < -0.3 is 4.74 Å². The molecule has 0 spiro atoms. The van der Waals surface area contributed by atoms with Crippen molar-refractivity contribution < 1.29 is 4.74 Å². The molecule has 1 saturated heterocycles. The molecule has 1 heterocycles. The minimum absolute atomic E-state index is 0.0909. The van der Waals surface area contributed by atoms with E-state index in [1.54, 1.807) is 7.11 Å². The molecule has 1 aromatic carbocycles. The van der Waals surface area contributed by atoms with E-state index >= 15 is 0 Å². The quantitative estimate of drug-likeness (QED) is 0.752. The van der Waals surface area contributed by atoms with Gasteiger partial charge in [0.1, 0.15) is 5.75 Å². The van der Waals surface area contributed by atoms with Crippen LogP contribution < -0.4 is 4.74 Å². The number of thioether (sulfide) groups is 2. The maximum Gasteiger partial charge on any atom is 0.119 e. The van der Waals surface area contributed by atoms with Gasteiger partial charge in [-0.2, -0.15) is 0 Å². The van der Waals surface area contributed by atoms with E-state index in [0.29, 0.717) is 4.58 Å². The fourth-order valence-electron chi connectivity index (χ4n) is 1.81. The molecule has 0 amide bonds. The average molecular weight is 289 g/mol. The van der Waals surface area contributed by atoms with Crippen LogP contribution >= 0.6 is 35.1 Å². The lowest BCUT2D eigenvalue weighted by atomic mass is 10.1. The Hall–Kier alpha value is 0.01000. The number of benzene rings is 1. The van der Waals surface area contributed by atoms with Crippen LogP contribution in [0.5, 0.6) is 5.75 Å². The molecule has 1 unspecified atom stereocenters. The van der Waals surface area contributed by atoms with E-state index in [1.165, 1.54) is 17.9 Å². The van der Waals surface area contributed by atoms with Gasteiger partial charge in [-0.3, -0.25) is 0 Å². The van der Waals surface area contributed by atoms with Crippen LogP contribution in [0.3, 0.4) is 0 Å². The number of halogens is 1. The summed E-state index contributed by atoms with van der Waals surface area (Å²) in [6.45, 7) is 0. The number of rotatable bonds is 4. The van der Waals surface area contributed by atoms with E-state index < -0.39 is 0 Å². The Labute approximate surface area is 117 Å². The first kappa shape index (κ1) is 13.4. The molecule has 1 atom stereocenters. The Morgan fingerprint density at radius 2 is 2.18 bits per heavy atom. The Bertz CT molecular complexity index is 353. The molecule has 0 N–H and O–H groups in total. The van der Waals surface area contributed by atoms with Crippen LogP contribution in [-0.2, 0) is 0 Å². The predicted molar refractivity (Wildman–Crippen MR) is 79.5 cm³/mol. The molecule has 0 saturated carbocycles. The van der Waals surface area contributed by atoms with E-state index in [1.807, 2.05) is 41.7 Å². The van der Waals surface area contributed by atoms with Crippen LogP contribution in [0.25, 0.3) is 0 Å². The topological polar surface area (TPSA) is 9.23 Å². The van der Waals surface area contributed by atoms with E-state index in [4.69, 9.17) is 16.3 Å². The fourth-order valence-corrected chi connectivity index (χ4v) is 5.29. The highest BCUT2D eigenvalue weighted by Gasteiger charge is 2.19. The first-order valence-corrected chi connectivity index (χ1v) is 8.34. The molecule has 0 aromatic heterocycles. The second kappa shape index (κ2) is 6.81. The van der Waals surface area contributed by atoms with Crippen LogP contribution in [-0.4, -0.2) is 23.2 Å². The predicted octanol–water partition coefficient (Wildman–Crippen LogP) is 4.56. The van der Waals surface area contributed by atoms with E-state index in [-0.39, 0.29) is 5.38 Å². The monoisotopic (exact) mass is 288 g/mol. The largest absolute Gasteiger partial charge is 0.497 e. The highest BCUT2D eigenvalue weighted by molar-refractivity contribution is 8.17. The molecule has 2 rings (SSSR count). The molecular formula is C13H17ClOS2. The van der Waals surface area contributed by atoms with Crippen molar-refractivity contribution in [1.82, 2.24) is 0 Å². The molecule has 4 heteroatoms. The van der Waals surface area contributed by atoms with Gasteiger partial charge in [0.05, 0.1) is 17.1 Å². The van der Waals surface area contributed by atoms with Crippen molar-refractivity contribution in [3.63, 3.8) is 0 Å². The first-order valence-electron chi connectivity index (χ1n) is 5.81. The summed E-state index contributed by atoms with van der Waals surface area (Å²) in [4.78, 5) is 0. The molecule has 1 nitrogen and oxygen atoms in total. The van der Waals surface area contributed by atoms with Gasteiger partial charge in [0.15, 0.2) is 0 Å².